The average molecular weight is 450 g/mol. The summed E-state index contributed by atoms with van der Waals surface area (Å²) >= 11 is 12.6. The fourth-order valence-corrected chi connectivity index (χ4v) is 4.07. The van der Waals surface area contributed by atoms with Crippen molar-refractivity contribution in [3.05, 3.63) is 57.9 Å². The topological polar surface area (TPSA) is 88.7 Å². The second-order valence-corrected chi connectivity index (χ2v) is 7.51. The first-order chi connectivity index (χ1) is 13.9. The number of ether oxygens (including phenoxy) is 2. The maximum atomic E-state index is 12.5. The summed E-state index contributed by atoms with van der Waals surface area (Å²) in [5.74, 6) is -0.0213. The molecule has 1 aromatic heterocycles. The molecule has 0 aliphatic rings. The van der Waals surface area contributed by atoms with Gasteiger partial charge in [0.25, 0.3) is 11.8 Å². The Hall–Kier alpha value is -2.88. The highest BCUT2D eigenvalue weighted by Gasteiger charge is 2.18. The minimum atomic E-state index is -0.470. The third kappa shape index (κ3) is 4.58. The number of fused-ring (bicyclic) bond motifs is 1. The molecule has 3 rings (SSSR count). The average Bonchev–Trinajstić information content (AvgIpc) is 3.08. The Labute approximate surface area is 180 Å². The molecule has 10 heteroatoms. The first kappa shape index (κ1) is 20.8. The molecular weight excluding hydrogens is 434 g/mol. The number of thiophene rings is 1. The zero-order valence-electron chi connectivity index (χ0n) is 15.4. The van der Waals surface area contributed by atoms with Crippen LogP contribution in [0.3, 0.4) is 0 Å². The van der Waals surface area contributed by atoms with E-state index >= 15 is 0 Å². The highest BCUT2D eigenvalue weighted by Crippen LogP contribution is 2.35. The van der Waals surface area contributed by atoms with Gasteiger partial charge in [-0.1, -0.05) is 29.8 Å². The summed E-state index contributed by atoms with van der Waals surface area (Å²) < 4.78 is 11.2. The number of carbonyl (C=O) groups excluding carboxylic acids is 2. The molecule has 0 radical (unpaired) electrons. The number of benzene rings is 2. The molecule has 0 aliphatic carbocycles. The molecular formula is C19H16ClN3O4S2. The summed E-state index contributed by atoms with van der Waals surface area (Å²) in [6.07, 6.45) is 0. The van der Waals surface area contributed by atoms with Gasteiger partial charge in [-0.05, 0) is 36.5 Å². The third-order valence-corrected chi connectivity index (χ3v) is 5.78. The molecule has 2 aromatic carbocycles. The van der Waals surface area contributed by atoms with E-state index in [4.69, 9.17) is 33.3 Å². The van der Waals surface area contributed by atoms with Gasteiger partial charge in [0.15, 0.2) is 16.6 Å². The Morgan fingerprint density at radius 1 is 1.00 bits per heavy atom. The molecule has 3 N–H and O–H groups in total. The van der Waals surface area contributed by atoms with Crippen LogP contribution in [0.4, 0.5) is 0 Å². The fourth-order valence-electron chi connectivity index (χ4n) is 2.51. The van der Waals surface area contributed by atoms with Crippen LogP contribution in [0.1, 0.15) is 20.0 Å². The monoisotopic (exact) mass is 449 g/mol. The number of hydrogen-bond acceptors (Lipinski definition) is 6. The van der Waals surface area contributed by atoms with Gasteiger partial charge in [0.05, 0.1) is 19.2 Å². The van der Waals surface area contributed by atoms with Crippen molar-refractivity contribution in [2.24, 2.45) is 0 Å². The van der Waals surface area contributed by atoms with E-state index in [9.17, 15) is 9.59 Å². The summed E-state index contributed by atoms with van der Waals surface area (Å²) in [7, 11) is 2.98. The summed E-state index contributed by atoms with van der Waals surface area (Å²) in [6, 6.07) is 12.1. The fraction of sp³-hybridized carbons (Fsp3) is 0.105. The Kier molecular flexibility index (Phi) is 6.53. The van der Waals surface area contributed by atoms with Crippen molar-refractivity contribution in [3.63, 3.8) is 0 Å². The molecule has 0 atom stereocenters. The molecule has 2 amide bonds. The first-order valence-corrected chi connectivity index (χ1v) is 9.85. The predicted molar refractivity (Wildman–Crippen MR) is 117 cm³/mol. The van der Waals surface area contributed by atoms with E-state index in [1.165, 1.54) is 31.6 Å². The van der Waals surface area contributed by atoms with Gasteiger partial charge in [-0.15, -0.1) is 11.3 Å². The lowest BCUT2D eigenvalue weighted by Crippen LogP contribution is -2.48. The number of hydrazine groups is 1. The molecule has 1 heterocycles. The Morgan fingerprint density at radius 2 is 1.72 bits per heavy atom. The summed E-state index contributed by atoms with van der Waals surface area (Å²) in [5.41, 5.74) is 5.22. The number of rotatable bonds is 4. The molecule has 0 saturated heterocycles. The summed E-state index contributed by atoms with van der Waals surface area (Å²) in [5, 5.41) is 3.58. The SMILES string of the molecule is COc1ccc(C(=O)NNC(=S)NC(=O)c2sc3ccccc3c2Cl)cc1OC. The van der Waals surface area contributed by atoms with Crippen LogP contribution in [0.5, 0.6) is 11.5 Å². The Bertz CT molecular complexity index is 1100. The molecule has 0 unspecified atom stereocenters. The number of hydrogen-bond donors (Lipinski definition) is 3. The minimum Gasteiger partial charge on any atom is -0.493 e. The van der Waals surface area contributed by atoms with Crippen molar-refractivity contribution in [2.75, 3.05) is 14.2 Å². The van der Waals surface area contributed by atoms with E-state index in [2.05, 4.69) is 16.2 Å². The van der Waals surface area contributed by atoms with Crippen molar-refractivity contribution in [3.8, 4) is 11.5 Å². The van der Waals surface area contributed by atoms with E-state index in [-0.39, 0.29) is 5.11 Å². The number of halogens is 1. The van der Waals surface area contributed by atoms with Crippen molar-refractivity contribution in [2.45, 2.75) is 0 Å². The zero-order chi connectivity index (χ0) is 21.0. The number of amides is 2. The van der Waals surface area contributed by atoms with Crippen molar-refractivity contribution < 1.29 is 19.1 Å². The van der Waals surface area contributed by atoms with Crippen LogP contribution in [0.15, 0.2) is 42.5 Å². The Morgan fingerprint density at radius 3 is 2.41 bits per heavy atom. The van der Waals surface area contributed by atoms with Crippen molar-refractivity contribution in [1.29, 1.82) is 0 Å². The number of nitrogens with one attached hydrogen (secondary N) is 3. The van der Waals surface area contributed by atoms with E-state index in [0.717, 1.165) is 10.1 Å². The molecule has 150 valence electrons. The van der Waals surface area contributed by atoms with Gasteiger partial charge in [0, 0.05) is 15.6 Å². The molecule has 0 spiro atoms. The molecule has 0 bridgehead atoms. The summed E-state index contributed by atoms with van der Waals surface area (Å²) in [4.78, 5) is 25.1. The first-order valence-electron chi connectivity index (χ1n) is 8.25. The van der Waals surface area contributed by atoms with Gasteiger partial charge in [0.2, 0.25) is 0 Å². The van der Waals surface area contributed by atoms with Crippen LogP contribution < -0.4 is 25.6 Å². The smallest absolute Gasteiger partial charge is 0.269 e. The van der Waals surface area contributed by atoms with Gasteiger partial charge in [-0.2, -0.15) is 0 Å². The van der Waals surface area contributed by atoms with Gasteiger partial charge in [0.1, 0.15) is 4.88 Å². The number of carbonyl (C=O) groups is 2. The maximum absolute atomic E-state index is 12.5. The lowest BCUT2D eigenvalue weighted by atomic mass is 10.2. The molecule has 0 fully saturated rings. The van der Waals surface area contributed by atoms with E-state index in [0.29, 0.717) is 27.0 Å². The second kappa shape index (κ2) is 9.08. The quantitative estimate of drug-likeness (QED) is 0.417. The van der Waals surface area contributed by atoms with Crippen molar-refractivity contribution in [1.82, 2.24) is 16.2 Å². The molecule has 0 aliphatic heterocycles. The van der Waals surface area contributed by atoms with Crippen LogP contribution in [0, 0.1) is 0 Å². The third-order valence-electron chi connectivity index (χ3n) is 3.90. The van der Waals surface area contributed by atoms with Gasteiger partial charge >= 0.3 is 0 Å². The van der Waals surface area contributed by atoms with Gasteiger partial charge < -0.3 is 9.47 Å². The van der Waals surface area contributed by atoms with Gasteiger partial charge in [-0.3, -0.25) is 25.8 Å². The van der Waals surface area contributed by atoms with Crippen LogP contribution >= 0.6 is 35.2 Å². The largest absolute Gasteiger partial charge is 0.493 e. The molecule has 3 aromatic rings. The molecule has 29 heavy (non-hydrogen) atoms. The predicted octanol–water partition coefficient (Wildman–Crippen LogP) is 3.52. The van der Waals surface area contributed by atoms with Gasteiger partial charge in [-0.25, -0.2) is 0 Å². The normalized spacial score (nSPS) is 10.3. The van der Waals surface area contributed by atoms with E-state index in [1.54, 1.807) is 12.1 Å². The zero-order valence-corrected chi connectivity index (χ0v) is 17.8. The highest BCUT2D eigenvalue weighted by molar-refractivity contribution is 7.80. The van der Waals surface area contributed by atoms with Crippen molar-refractivity contribution >= 4 is 62.2 Å². The van der Waals surface area contributed by atoms with Crippen LogP contribution in [-0.4, -0.2) is 31.1 Å². The lowest BCUT2D eigenvalue weighted by Gasteiger charge is -2.12. The van der Waals surface area contributed by atoms with E-state index < -0.39 is 11.8 Å². The highest BCUT2D eigenvalue weighted by atomic mass is 35.5. The van der Waals surface area contributed by atoms with Crippen LogP contribution in [0.25, 0.3) is 10.1 Å². The minimum absolute atomic E-state index is 0.0719. The summed E-state index contributed by atoms with van der Waals surface area (Å²) in [6.45, 7) is 0. The number of methoxy groups -OCH3 is 2. The lowest BCUT2D eigenvalue weighted by molar-refractivity contribution is 0.0935. The number of thiocarbonyl (C=S) groups is 1. The maximum Gasteiger partial charge on any atom is 0.269 e. The standard InChI is InChI=1S/C19H16ClN3O4S2/c1-26-12-8-7-10(9-13(12)27-2)17(24)22-23-19(28)21-18(25)16-15(20)11-5-3-4-6-14(11)29-16/h3-9H,1-2H3,(H,22,24)(H2,21,23,25,28). The van der Waals surface area contributed by atoms with Crippen LogP contribution in [0.2, 0.25) is 5.02 Å². The second-order valence-electron chi connectivity index (χ2n) is 5.67. The van der Waals surface area contributed by atoms with E-state index in [1.807, 2.05) is 24.3 Å². The molecule has 7 nitrogen and oxygen atoms in total. The molecule has 0 saturated carbocycles. The Balaban J connectivity index is 1.61. The van der Waals surface area contributed by atoms with Crippen LogP contribution in [-0.2, 0) is 0 Å².